The van der Waals surface area contributed by atoms with Crippen LogP contribution in [0.1, 0.15) is 24.1 Å². The van der Waals surface area contributed by atoms with Crippen molar-refractivity contribution in [1.82, 2.24) is 0 Å². The average Bonchev–Trinajstić information content (AvgIpc) is 2.31. The van der Waals surface area contributed by atoms with E-state index in [2.05, 4.69) is 0 Å². The summed E-state index contributed by atoms with van der Waals surface area (Å²) in [6, 6.07) is 2.14. The standard InChI is InChI=1S/C12H17NO5/c1-2-18-10-4-7(5-11(15)16)3-8(12(10)17)9(13)6-14/h3-4,9,14,17H,2,5-6,13H2,1H3,(H,15,16)/t9-/m1/s1. The summed E-state index contributed by atoms with van der Waals surface area (Å²) in [5.41, 5.74) is 6.39. The smallest absolute Gasteiger partial charge is 0.307 e. The van der Waals surface area contributed by atoms with E-state index in [1.54, 1.807) is 6.92 Å². The number of aliphatic carboxylic acids is 1. The highest BCUT2D eigenvalue weighted by Gasteiger charge is 2.17. The van der Waals surface area contributed by atoms with Gasteiger partial charge >= 0.3 is 5.97 Å². The number of carbonyl (C=O) groups is 1. The molecule has 100 valence electrons. The maximum absolute atomic E-state index is 10.7. The summed E-state index contributed by atoms with van der Waals surface area (Å²) in [5, 5.41) is 27.7. The van der Waals surface area contributed by atoms with E-state index >= 15 is 0 Å². The van der Waals surface area contributed by atoms with Gasteiger partial charge in [0.2, 0.25) is 0 Å². The predicted molar refractivity (Wildman–Crippen MR) is 64.6 cm³/mol. The normalized spacial score (nSPS) is 12.2. The van der Waals surface area contributed by atoms with Gasteiger partial charge in [0.15, 0.2) is 11.5 Å². The number of hydrogen-bond donors (Lipinski definition) is 4. The zero-order chi connectivity index (χ0) is 13.7. The van der Waals surface area contributed by atoms with Crippen LogP contribution in [0.5, 0.6) is 11.5 Å². The third-order valence-corrected chi connectivity index (χ3v) is 2.42. The molecule has 0 radical (unpaired) electrons. The summed E-state index contributed by atoms with van der Waals surface area (Å²) >= 11 is 0. The Bertz CT molecular complexity index is 433. The number of carboxylic acid groups (broad SMARTS) is 1. The van der Waals surface area contributed by atoms with Crippen molar-refractivity contribution in [2.75, 3.05) is 13.2 Å². The summed E-state index contributed by atoms with van der Waals surface area (Å²) in [7, 11) is 0. The second-order valence-electron chi connectivity index (χ2n) is 3.82. The van der Waals surface area contributed by atoms with Gasteiger partial charge in [-0.25, -0.2) is 0 Å². The molecule has 1 aromatic carbocycles. The minimum Gasteiger partial charge on any atom is -0.504 e. The Hall–Kier alpha value is -1.79. The van der Waals surface area contributed by atoms with Crippen LogP contribution < -0.4 is 10.5 Å². The molecule has 0 saturated heterocycles. The lowest BCUT2D eigenvalue weighted by atomic mass is 10.0. The summed E-state index contributed by atoms with van der Waals surface area (Å²) in [6.45, 7) is 1.72. The zero-order valence-electron chi connectivity index (χ0n) is 10.1. The van der Waals surface area contributed by atoms with Crippen molar-refractivity contribution < 1.29 is 24.9 Å². The van der Waals surface area contributed by atoms with E-state index in [1.165, 1.54) is 12.1 Å². The van der Waals surface area contributed by atoms with Gasteiger partial charge in [0.25, 0.3) is 0 Å². The lowest BCUT2D eigenvalue weighted by molar-refractivity contribution is -0.136. The van der Waals surface area contributed by atoms with Crippen LogP contribution in [0.15, 0.2) is 12.1 Å². The Labute approximate surface area is 105 Å². The summed E-state index contributed by atoms with van der Waals surface area (Å²) in [4.78, 5) is 10.7. The van der Waals surface area contributed by atoms with Crippen molar-refractivity contribution in [2.45, 2.75) is 19.4 Å². The van der Waals surface area contributed by atoms with Gasteiger partial charge in [-0.2, -0.15) is 0 Å². The first-order valence-electron chi connectivity index (χ1n) is 5.56. The molecule has 1 rings (SSSR count). The van der Waals surface area contributed by atoms with E-state index in [1.807, 2.05) is 0 Å². The fourth-order valence-corrected chi connectivity index (χ4v) is 1.61. The van der Waals surface area contributed by atoms with E-state index in [4.69, 9.17) is 20.7 Å². The first-order valence-corrected chi connectivity index (χ1v) is 5.56. The van der Waals surface area contributed by atoms with Gasteiger partial charge in [0, 0.05) is 5.56 Å². The molecule has 1 aromatic rings. The Morgan fingerprint density at radius 3 is 2.67 bits per heavy atom. The molecule has 0 aliphatic heterocycles. The fraction of sp³-hybridized carbons (Fsp3) is 0.417. The molecule has 1 atom stereocenters. The van der Waals surface area contributed by atoms with Crippen molar-refractivity contribution >= 4 is 5.97 Å². The van der Waals surface area contributed by atoms with E-state index in [-0.39, 0.29) is 30.1 Å². The SMILES string of the molecule is CCOc1cc(CC(=O)O)cc([C@H](N)CO)c1O. The molecule has 0 fully saturated rings. The van der Waals surface area contributed by atoms with Gasteiger partial charge in [-0.15, -0.1) is 0 Å². The van der Waals surface area contributed by atoms with E-state index in [0.29, 0.717) is 12.2 Å². The lowest BCUT2D eigenvalue weighted by Crippen LogP contribution is -2.15. The van der Waals surface area contributed by atoms with Gasteiger partial charge < -0.3 is 25.8 Å². The number of carboxylic acids is 1. The number of aromatic hydroxyl groups is 1. The van der Waals surface area contributed by atoms with Crippen molar-refractivity contribution in [3.05, 3.63) is 23.3 Å². The quantitative estimate of drug-likeness (QED) is 0.585. The Morgan fingerprint density at radius 1 is 1.50 bits per heavy atom. The number of rotatable bonds is 6. The second-order valence-corrected chi connectivity index (χ2v) is 3.82. The Balaban J connectivity index is 3.22. The maximum atomic E-state index is 10.7. The number of ether oxygens (including phenoxy) is 1. The number of benzene rings is 1. The maximum Gasteiger partial charge on any atom is 0.307 e. The highest BCUT2D eigenvalue weighted by atomic mass is 16.5. The Kier molecular flexibility index (Phi) is 4.94. The average molecular weight is 255 g/mol. The third kappa shape index (κ3) is 3.35. The molecule has 6 heteroatoms. The molecule has 0 aliphatic carbocycles. The number of phenolic OH excluding ortho intramolecular Hbond substituents is 1. The van der Waals surface area contributed by atoms with Crippen LogP contribution >= 0.6 is 0 Å². The summed E-state index contributed by atoms with van der Waals surface area (Å²) < 4.78 is 5.21. The number of aliphatic hydroxyl groups excluding tert-OH is 1. The van der Waals surface area contributed by atoms with Crippen molar-refractivity contribution in [3.63, 3.8) is 0 Å². The molecular weight excluding hydrogens is 238 g/mol. The van der Waals surface area contributed by atoms with Crippen molar-refractivity contribution in [2.24, 2.45) is 5.73 Å². The van der Waals surface area contributed by atoms with Gasteiger partial charge in [-0.3, -0.25) is 4.79 Å². The second kappa shape index (κ2) is 6.23. The van der Waals surface area contributed by atoms with Gasteiger partial charge in [0.05, 0.1) is 25.7 Å². The number of phenols is 1. The molecule has 0 aromatic heterocycles. The monoisotopic (exact) mass is 255 g/mol. The van der Waals surface area contributed by atoms with Crippen LogP contribution in [0.2, 0.25) is 0 Å². The molecule has 0 unspecified atom stereocenters. The van der Waals surface area contributed by atoms with Crippen molar-refractivity contribution in [3.8, 4) is 11.5 Å². The van der Waals surface area contributed by atoms with Crippen LogP contribution in [0, 0.1) is 0 Å². The van der Waals surface area contributed by atoms with Crippen LogP contribution in [0.3, 0.4) is 0 Å². The van der Waals surface area contributed by atoms with Crippen LogP contribution in [-0.4, -0.2) is 34.5 Å². The highest BCUT2D eigenvalue weighted by Crippen LogP contribution is 2.34. The number of hydrogen-bond acceptors (Lipinski definition) is 5. The van der Waals surface area contributed by atoms with E-state index < -0.39 is 12.0 Å². The topological polar surface area (TPSA) is 113 Å². The summed E-state index contributed by atoms with van der Waals surface area (Å²) in [5.74, 6) is -0.977. The number of aliphatic hydroxyl groups is 1. The van der Waals surface area contributed by atoms with Crippen LogP contribution in [0.4, 0.5) is 0 Å². The Morgan fingerprint density at radius 2 is 2.17 bits per heavy atom. The van der Waals surface area contributed by atoms with Gasteiger partial charge in [-0.1, -0.05) is 0 Å². The minimum absolute atomic E-state index is 0.160. The van der Waals surface area contributed by atoms with Gasteiger partial charge in [0.1, 0.15) is 0 Å². The number of nitrogens with two attached hydrogens (primary N) is 1. The van der Waals surface area contributed by atoms with Crippen LogP contribution in [-0.2, 0) is 11.2 Å². The first kappa shape index (κ1) is 14.3. The fourth-order valence-electron chi connectivity index (χ4n) is 1.61. The van der Waals surface area contributed by atoms with Gasteiger partial charge in [-0.05, 0) is 24.6 Å². The molecule has 0 heterocycles. The molecule has 0 saturated carbocycles. The zero-order valence-corrected chi connectivity index (χ0v) is 10.1. The largest absolute Gasteiger partial charge is 0.504 e. The highest BCUT2D eigenvalue weighted by molar-refractivity contribution is 5.71. The molecule has 18 heavy (non-hydrogen) atoms. The predicted octanol–water partition coefficient (Wildman–Crippen LogP) is 0.410. The van der Waals surface area contributed by atoms with Crippen molar-refractivity contribution in [1.29, 1.82) is 0 Å². The molecule has 0 bridgehead atoms. The molecule has 0 aliphatic rings. The minimum atomic E-state index is -0.994. The molecular formula is C12H17NO5. The molecule has 0 amide bonds. The van der Waals surface area contributed by atoms with Crippen LogP contribution in [0.25, 0.3) is 0 Å². The molecule has 0 spiro atoms. The molecule has 5 N–H and O–H groups in total. The van der Waals surface area contributed by atoms with E-state index in [9.17, 15) is 9.90 Å². The molecule has 6 nitrogen and oxygen atoms in total. The first-order chi connectivity index (χ1) is 8.49. The lowest BCUT2D eigenvalue weighted by Gasteiger charge is -2.16. The third-order valence-electron chi connectivity index (χ3n) is 2.42. The van der Waals surface area contributed by atoms with E-state index in [0.717, 1.165) is 0 Å². The summed E-state index contributed by atoms with van der Waals surface area (Å²) in [6.07, 6.45) is -0.203.